The fraction of sp³-hybridized carbons (Fsp3) is 0.429. The van der Waals surface area contributed by atoms with Crippen LogP contribution in [0.1, 0.15) is 35.3 Å². The summed E-state index contributed by atoms with van der Waals surface area (Å²) in [4.78, 5) is 51.7. The molecule has 8 N–H and O–H groups in total. The van der Waals surface area contributed by atoms with Gasteiger partial charge in [0.05, 0.1) is 24.7 Å². The van der Waals surface area contributed by atoms with Gasteiger partial charge in [-0.2, -0.15) is 5.06 Å². The SMILES string of the molecule is CC(CN(C)[C@@H](Cc1ccc(C(=O)[C@@H](N)Cc2ccc(O)cc2)cc1)C(=O)NC(=O)CNC(=O)[C@@H](C)N)N(C)O. The molecule has 40 heavy (non-hydrogen) atoms. The van der Waals surface area contributed by atoms with Crippen LogP contribution >= 0.6 is 0 Å². The number of hydrogen-bond donors (Lipinski definition) is 6. The van der Waals surface area contributed by atoms with Gasteiger partial charge in [-0.25, -0.2) is 0 Å². The Morgan fingerprint density at radius 2 is 1.43 bits per heavy atom. The number of nitrogens with two attached hydrogens (primary N) is 2. The summed E-state index contributed by atoms with van der Waals surface area (Å²) in [5.74, 6) is -1.90. The van der Waals surface area contributed by atoms with Crippen molar-refractivity contribution < 1.29 is 29.5 Å². The molecule has 0 radical (unpaired) electrons. The van der Waals surface area contributed by atoms with Crippen molar-refractivity contribution >= 4 is 23.5 Å². The Morgan fingerprint density at radius 3 is 1.98 bits per heavy atom. The van der Waals surface area contributed by atoms with Crippen molar-refractivity contribution in [1.29, 1.82) is 0 Å². The highest BCUT2D eigenvalue weighted by Gasteiger charge is 2.27. The van der Waals surface area contributed by atoms with E-state index in [0.717, 1.165) is 16.2 Å². The number of phenols is 1. The van der Waals surface area contributed by atoms with Crippen LogP contribution < -0.4 is 22.1 Å². The second-order valence-electron chi connectivity index (χ2n) is 10.0. The molecule has 0 aliphatic carbocycles. The van der Waals surface area contributed by atoms with Gasteiger partial charge in [0.25, 0.3) is 0 Å². The van der Waals surface area contributed by atoms with Gasteiger partial charge in [0, 0.05) is 25.2 Å². The minimum Gasteiger partial charge on any atom is -0.508 e. The quantitative estimate of drug-likeness (QED) is 0.134. The zero-order chi connectivity index (χ0) is 30.0. The number of benzene rings is 2. The number of hydroxylamine groups is 2. The van der Waals surface area contributed by atoms with Gasteiger partial charge < -0.3 is 27.1 Å². The molecule has 0 spiro atoms. The summed E-state index contributed by atoms with van der Waals surface area (Å²) in [7, 11) is 3.20. The number of amides is 3. The topological polar surface area (TPSA) is 191 Å². The van der Waals surface area contributed by atoms with Gasteiger partial charge in [0.1, 0.15) is 5.75 Å². The van der Waals surface area contributed by atoms with Gasteiger partial charge >= 0.3 is 0 Å². The smallest absolute Gasteiger partial charge is 0.245 e. The van der Waals surface area contributed by atoms with E-state index < -0.39 is 42.4 Å². The van der Waals surface area contributed by atoms with Crippen LogP contribution in [0.5, 0.6) is 5.75 Å². The fourth-order valence-corrected chi connectivity index (χ4v) is 3.93. The maximum atomic E-state index is 13.1. The molecule has 218 valence electrons. The Labute approximate surface area is 234 Å². The number of nitrogens with zero attached hydrogens (tertiary/aromatic N) is 2. The average Bonchev–Trinajstić information content (AvgIpc) is 2.91. The van der Waals surface area contributed by atoms with Gasteiger partial charge in [-0.15, -0.1) is 0 Å². The van der Waals surface area contributed by atoms with Crippen LogP contribution in [0.2, 0.25) is 0 Å². The third-order valence-corrected chi connectivity index (χ3v) is 6.52. The summed E-state index contributed by atoms with van der Waals surface area (Å²) in [5.41, 5.74) is 13.6. The Kier molecular flexibility index (Phi) is 12.4. The fourth-order valence-electron chi connectivity index (χ4n) is 3.93. The molecule has 0 heterocycles. The summed E-state index contributed by atoms with van der Waals surface area (Å²) in [6.45, 7) is 3.16. The first kappa shape index (κ1) is 32.5. The lowest BCUT2D eigenvalue weighted by Gasteiger charge is -2.31. The predicted octanol–water partition coefficient (Wildman–Crippen LogP) is -0.196. The number of nitrogens with one attached hydrogen (secondary N) is 2. The zero-order valence-electron chi connectivity index (χ0n) is 23.3. The molecule has 0 saturated carbocycles. The molecular weight excluding hydrogens is 516 g/mol. The van der Waals surface area contributed by atoms with Crippen LogP contribution in [0.25, 0.3) is 0 Å². The first-order valence-electron chi connectivity index (χ1n) is 12.9. The van der Waals surface area contributed by atoms with E-state index in [1.165, 1.54) is 26.1 Å². The van der Waals surface area contributed by atoms with Gasteiger partial charge in [0.15, 0.2) is 5.78 Å². The number of carbonyl (C=O) groups is 4. The van der Waals surface area contributed by atoms with Crippen LogP contribution in [-0.2, 0) is 27.2 Å². The van der Waals surface area contributed by atoms with E-state index in [1.807, 2.05) is 0 Å². The Morgan fingerprint density at radius 1 is 0.875 bits per heavy atom. The van der Waals surface area contributed by atoms with Crippen LogP contribution in [0.3, 0.4) is 0 Å². The number of ketones is 1. The first-order valence-corrected chi connectivity index (χ1v) is 12.9. The minimum atomic E-state index is -0.797. The van der Waals surface area contributed by atoms with Crippen LogP contribution in [0.15, 0.2) is 48.5 Å². The van der Waals surface area contributed by atoms with Crippen molar-refractivity contribution in [2.24, 2.45) is 11.5 Å². The number of carbonyl (C=O) groups excluding carboxylic acids is 4. The molecule has 4 atom stereocenters. The van der Waals surface area contributed by atoms with Gasteiger partial charge in [-0.05, 0) is 57.0 Å². The summed E-state index contributed by atoms with van der Waals surface area (Å²) in [6, 6.07) is 10.5. The van der Waals surface area contributed by atoms with Crippen molar-refractivity contribution in [3.8, 4) is 5.75 Å². The highest BCUT2D eigenvalue weighted by molar-refractivity contribution is 6.01. The molecule has 2 aromatic rings. The predicted molar refractivity (Wildman–Crippen MR) is 150 cm³/mol. The molecule has 0 bridgehead atoms. The number of rotatable bonds is 14. The van der Waals surface area contributed by atoms with Crippen molar-refractivity contribution in [1.82, 2.24) is 20.6 Å². The van der Waals surface area contributed by atoms with Gasteiger partial charge in [-0.1, -0.05) is 36.4 Å². The van der Waals surface area contributed by atoms with Crippen molar-refractivity contribution in [3.05, 3.63) is 65.2 Å². The van der Waals surface area contributed by atoms with E-state index in [1.54, 1.807) is 55.3 Å². The van der Waals surface area contributed by atoms with E-state index in [2.05, 4.69) is 10.6 Å². The van der Waals surface area contributed by atoms with Crippen molar-refractivity contribution in [3.63, 3.8) is 0 Å². The van der Waals surface area contributed by atoms with Gasteiger partial charge in [0.2, 0.25) is 17.7 Å². The lowest BCUT2D eigenvalue weighted by molar-refractivity contribution is -0.136. The maximum Gasteiger partial charge on any atom is 0.245 e. The monoisotopic (exact) mass is 556 g/mol. The number of phenolic OH excluding ortho intramolecular Hbond substituents is 1. The van der Waals surface area contributed by atoms with Crippen LogP contribution in [0, 0.1) is 0 Å². The number of aromatic hydroxyl groups is 1. The van der Waals surface area contributed by atoms with Crippen LogP contribution in [-0.4, -0.2) is 95.1 Å². The molecule has 0 aliphatic rings. The molecule has 3 amide bonds. The maximum absolute atomic E-state index is 13.1. The highest BCUT2D eigenvalue weighted by atomic mass is 16.5. The third-order valence-electron chi connectivity index (χ3n) is 6.52. The molecule has 12 heteroatoms. The normalized spacial score (nSPS) is 14.3. The summed E-state index contributed by atoms with van der Waals surface area (Å²) >= 11 is 0. The number of Topliss-reactive ketones (excluding diaryl/α,β-unsaturated/α-hetero) is 1. The van der Waals surface area contributed by atoms with E-state index in [0.29, 0.717) is 18.5 Å². The largest absolute Gasteiger partial charge is 0.508 e. The third kappa shape index (κ3) is 10.1. The summed E-state index contributed by atoms with van der Waals surface area (Å²) in [5, 5.41) is 24.9. The first-order chi connectivity index (χ1) is 18.8. The number of hydrogen-bond acceptors (Lipinski definition) is 10. The molecule has 2 rings (SSSR count). The summed E-state index contributed by atoms with van der Waals surface area (Å²) < 4.78 is 0. The van der Waals surface area contributed by atoms with Gasteiger partial charge in [-0.3, -0.25) is 29.4 Å². The zero-order valence-corrected chi connectivity index (χ0v) is 23.3. The molecule has 2 aromatic carbocycles. The second kappa shape index (κ2) is 15.2. The lowest BCUT2D eigenvalue weighted by Crippen LogP contribution is -2.53. The minimum absolute atomic E-state index is 0.132. The molecule has 0 aromatic heterocycles. The molecule has 0 fully saturated rings. The number of likely N-dealkylation sites (N-methyl/N-ethyl adjacent to an activating group) is 2. The highest BCUT2D eigenvalue weighted by Crippen LogP contribution is 2.15. The molecular formula is C28H40N6O6. The molecule has 12 nitrogen and oxygen atoms in total. The lowest BCUT2D eigenvalue weighted by atomic mass is 9.96. The average molecular weight is 557 g/mol. The molecule has 0 aliphatic heterocycles. The van der Waals surface area contributed by atoms with Crippen LogP contribution in [0.4, 0.5) is 0 Å². The van der Waals surface area contributed by atoms with E-state index in [9.17, 15) is 29.5 Å². The Balaban J connectivity index is 2.11. The Bertz CT molecular complexity index is 1150. The van der Waals surface area contributed by atoms with Crippen molar-refractivity contribution in [2.75, 3.05) is 27.2 Å². The Hall–Kier alpha value is -3.68. The number of imide groups is 1. The standard InChI is InChI=1S/C28H40N6O6/c1-17(34(4)40)16-33(3)24(28(39)32-25(36)15-31-27(38)18(2)29)14-20-5-9-21(10-6-20)26(37)23(30)13-19-7-11-22(35)12-8-19/h5-12,17-18,23-24,35,40H,13-16,29-30H2,1-4H3,(H,31,38)(H,32,36,39)/t17?,18-,23+,24+/m1/s1. The van der Waals surface area contributed by atoms with E-state index >= 15 is 0 Å². The van der Waals surface area contributed by atoms with E-state index in [-0.39, 0.29) is 24.0 Å². The molecule has 0 saturated heterocycles. The molecule has 1 unspecified atom stereocenters. The second-order valence-corrected chi connectivity index (χ2v) is 10.0. The van der Waals surface area contributed by atoms with E-state index in [4.69, 9.17) is 11.5 Å². The van der Waals surface area contributed by atoms with Crippen molar-refractivity contribution in [2.45, 2.75) is 50.9 Å². The summed E-state index contributed by atoms with van der Waals surface area (Å²) in [6.07, 6.45) is 0.516.